The number of carbonyl (C=O) groups excluding carboxylic acids is 1. The van der Waals surface area contributed by atoms with Crippen molar-refractivity contribution in [1.29, 1.82) is 0 Å². The highest BCUT2D eigenvalue weighted by Gasteiger charge is 2.56. The lowest BCUT2D eigenvalue weighted by atomic mass is 9.61. The Morgan fingerprint density at radius 3 is 2.30 bits per heavy atom. The number of ketones is 1. The standard InChI is InChI=1S/C18H16Cl2N2O/c1-9-11-5-3-4-6-12(11)10(2)18(9)8-7-13-14(15(18)23)21-17(20)22-16(13)19/h3-6,9-10H,7-8H2,1-2H3. The molecule has 3 nitrogen and oxygen atoms in total. The molecular formula is C18H16Cl2N2O. The van der Waals surface area contributed by atoms with Gasteiger partial charge in [-0.1, -0.05) is 49.7 Å². The summed E-state index contributed by atoms with van der Waals surface area (Å²) in [5, 5.41) is 0.342. The molecule has 0 amide bonds. The lowest BCUT2D eigenvalue weighted by Gasteiger charge is -2.40. The van der Waals surface area contributed by atoms with Gasteiger partial charge < -0.3 is 0 Å². The van der Waals surface area contributed by atoms with Crippen LogP contribution in [-0.4, -0.2) is 15.8 Å². The summed E-state index contributed by atoms with van der Waals surface area (Å²) in [5.41, 5.74) is 3.22. The number of hydrogen-bond acceptors (Lipinski definition) is 3. The summed E-state index contributed by atoms with van der Waals surface area (Å²) in [6.07, 6.45) is 1.47. The molecule has 0 aliphatic heterocycles. The van der Waals surface area contributed by atoms with Crippen LogP contribution in [0.2, 0.25) is 10.4 Å². The Morgan fingerprint density at radius 1 is 1.09 bits per heavy atom. The van der Waals surface area contributed by atoms with Gasteiger partial charge in [-0.2, -0.15) is 0 Å². The maximum absolute atomic E-state index is 13.4. The van der Waals surface area contributed by atoms with Crippen LogP contribution in [0.3, 0.4) is 0 Å². The zero-order valence-corrected chi connectivity index (χ0v) is 14.4. The van der Waals surface area contributed by atoms with Gasteiger partial charge in [-0.25, -0.2) is 9.97 Å². The van der Waals surface area contributed by atoms with E-state index in [1.54, 1.807) is 0 Å². The first-order valence-electron chi connectivity index (χ1n) is 7.82. The molecule has 5 heteroatoms. The Balaban J connectivity index is 1.90. The number of rotatable bonds is 0. The average Bonchev–Trinajstić information content (AvgIpc) is 2.74. The highest BCUT2D eigenvalue weighted by Crippen LogP contribution is 2.60. The van der Waals surface area contributed by atoms with E-state index in [0.717, 1.165) is 12.0 Å². The first-order valence-corrected chi connectivity index (χ1v) is 8.58. The molecule has 23 heavy (non-hydrogen) atoms. The molecule has 2 aliphatic carbocycles. The summed E-state index contributed by atoms with van der Waals surface area (Å²) in [5.74, 6) is 0.366. The molecule has 0 saturated carbocycles. The maximum atomic E-state index is 13.4. The molecule has 2 unspecified atom stereocenters. The van der Waals surface area contributed by atoms with Gasteiger partial charge in [0.25, 0.3) is 0 Å². The van der Waals surface area contributed by atoms with Crippen molar-refractivity contribution in [2.24, 2.45) is 5.41 Å². The van der Waals surface area contributed by atoms with E-state index in [2.05, 4.69) is 35.9 Å². The first-order chi connectivity index (χ1) is 11.0. The molecule has 118 valence electrons. The van der Waals surface area contributed by atoms with Crippen molar-refractivity contribution in [3.63, 3.8) is 0 Å². The molecule has 2 atom stereocenters. The van der Waals surface area contributed by atoms with E-state index in [9.17, 15) is 4.79 Å². The zero-order valence-electron chi connectivity index (χ0n) is 12.9. The molecule has 0 N–H and O–H groups in total. The predicted octanol–water partition coefficient (Wildman–Crippen LogP) is 4.82. The Bertz CT molecular complexity index is 805. The third-order valence-electron chi connectivity index (χ3n) is 5.83. The minimum absolute atomic E-state index is 0.0370. The van der Waals surface area contributed by atoms with Crippen LogP contribution in [0.1, 0.15) is 59.3 Å². The van der Waals surface area contributed by atoms with E-state index in [1.807, 2.05) is 12.1 Å². The number of halogens is 2. The highest BCUT2D eigenvalue weighted by molar-refractivity contribution is 6.33. The first kappa shape index (κ1) is 15.1. The number of nitrogens with zero attached hydrogens (tertiary/aromatic N) is 2. The fourth-order valence-electron chi connectivity index (χ4n) is 4.56. The predicted molar refractivity (Wildman–Crippen MR) is 90.4 cm³/mol. The Labute approximate surface area is 145 Å². The van der Waals surface area contributed by atoms with Crippen molar-refractivity contribution < 1.29 is 4.79 Å². The number of hydrogen-bond donors (Lipinski definition) is 0. The molecular weight excluding hydrogens is 331 g/mol. The summed E-state index contributed by atoms with van der Waals surface area (Å²) in [7, 11) is 0. The molecule has 2 aromatic rings. The van der Waals surface area contributed by atoms with Gasteiger partial charge in [-0.15, -0.1) is 0 Å². The fourth-order valence-corrected chi connectivity index (χ4v) is 5.04. The SMILES string of the molecule is CC1c2ccccc2C(C)C12CCc1c(Cl)nc(Cl)nc1C2=O. The van der Waals surface area contributed by atoms with Gasteiger partial charge in [0.05, 0.1) is 0 Å². The van der Waals surface area contributed by atoms with Crippen LogP contribution < -0.4 is 0 Å². The normalized spacial score (nSPS) is 28.8. The topological polar surface area (TPSA) is 42.9 Å². The maximum Gasteiger partial charge on any atom is 0.224 e. The fraction of sp³-hybridized carbons (Fsp3) is 0.389. The lowest BCUT2D eigenvalue weighted by Crippen LogP contribution is -2.41. The van der Waals surface area contributed by atoms with Crippen molar-refractivity contribution in [1.82, 2.24) is 9.97 Å². The third kappa shape index (κ3) is 1.87. The van der Waals surface area contributed by atoms with Crippen LogP contribution >= 0.6 is 23.2 Å². The summed E-state index contributed by atoms with van der Waals surface area (Å²) in [6.45, 7) is 4.30. The molecule has 0 saturated heterocycles. The second-order valence-corrected chi connectivity index (χ2v) is 7.25. The average molecular weight is 347 g/mol. The quantitative estimate of drug-likeness (QED) is 0.507. The van der Waals surface area contributed by atoms with Gasteiger partial charge in [0.1, 0.15) is 10.8 Å². The van der Waals surface area contributed by atoms with Crippen LogP contribution in [0, 0.1) is 5.41 Å². The lowest BCUT2D eigenvalue weighted by molar-refractivity contribution is 0.0678. The highest BCUT2D eigenvalue weighted by atomic mass is 35.5. The summed E-state index contributed by atoms with van der Waals surface area (Å²) >= 11 is 12.1. The van der Waals surface area contributed by atoms with Gasteiger partial charge in [0, 0.05) is 11.0 Å². The van der Waals surface area contributed by atoms with Gasteiger partial charge in [0.2, 0.25) is 5.28 Å². The number of aromatic nitrogens is 2. The van der Waals surface area contributed by atoms with Crippen LogP contribution in [0.4, 0.5) is 0 Å². The molecule has 0 bridgehead atoms. The summed E-state index contributed by atoms with van der Waals surface area (Å²) in [6, 6.07) is 8.35. The Hall–Kier alpha value is -1.45. The number of carbonyl (C=O) groups is 1. The smallest absolute Gasteiger partial charge is 0.224 e. The second kappa shape index (κ2) is 5.02. The van der Waals surface area contributed by atoms with Crippen LogP contribution in [0.25, 0.3) is 0 Å². The molecule has 0 fully saturated rings. The Kier molecular flexibility index (Phi) is 3.30. The second-order valence-electron chi connectivity index (χ2n) is 6.55. The number of benzene rings is 1. The van der Waals surface area contributed by atoms with Crippen molar-refractivity contribution in [2.75, 3.05) is 0 Å². The largest absolute Gasteiger partial charge is 0.292 e. The van der Waals surface area contributed by atoms with Gasteiger partial charge >= 0.3 is 0 Å². The zero-order chi connectivity index (χ0) is 16.4. The minimum Gasteiger partial charge on any atom is -0.292 e. The molecule has 1 aromatic heterocycles. The summed E-state index contributed by atoms with van der Waals surface area (Å²) in [4.78, 5) is 21.6. The third-order valence-corrected chi connectivity index (χ3v) is 6.31. The van der Waals surface area contributed by atoms with E-state index in [0.29, 0.717) is 17.3 Å². The van der Waals surface area contributed by atoms with Crippen molar-refractivity contribution in [3.8, 4) is 0 Å². The molecule has 1 heterocycles. The molecule has 1 aromatic carbocycles. The number of Topliss-reactive ketones (excluding diaryl/α,β-unsaturated/α-hetero) is 1. The number of fused-ring (bicyclic) bond motifs is 2. The molecule has 0 radical (unpaired) electrons. The van der Waals surface area contributed by atoms with E-state index in [4.69, 9.17) is 23.2 Å². The monoisotopic (exact) mass is 346 g/mol. The van der Waals surface area contributed by atoms with E-state index in [1.165, 1.54) is 11.1 Å². The van der Waals surface area contributed by atoms with Gasteiger partial charge in [-0.3, -0.25) is 4.79 Å². The van der Waals surface area contributed by atoms with Crippen LogP contribution in [0.5, 0.6) is 0 Å². The van der Waals surface area contributed by atoms with Crippen molar-refractivity contribution in [3.05, 3.63) is 57.1 Å². The van der Waals surface area contributed by atoms with Crippen LogP contribution in [0.15, 0.2) is 24.3 Å². The van der Waals surface area contributed by atoms with E-state index >= 15 is 0 Å². The van der Waals surface area contributed by atoms with E-state index in [-0.39, 0.29) is 22.9 Å². The van der Waals surface area contributed by atoms with Crippen molar-refractivity contribution in [2.45, 2.75) is 38.5 Å². The minimum atomic E-state index is -0.461. The Morgan fingerprint density at radius 2 is 1.70 bits per heavy atom. The van der Waals surface area contributed by atoms with Crippen LogP contribution in [-0.2, 0) is 6.42 Å². The van der Waals surface area contributed by atoms with E-state index < -0.39 is 5.41 Å². The van der Waals surface area contributed by atoms with Gasteiger partial charge in [-0.05, 0) is 47.4 Å². The molecule has 4 rings (SSSR count). The van der Waals surface area contributed by atoms with Crippen molar-refractivity contribution >= 4 is 29.0 Å². The molecule has 1 spiro atoms. The summed E-state index contributed by atoms with van der Waals surface area (Å²) < 4.78 is 0. The molecule has 2 aliphatic rings. The van der Waals surface area contributed by atoms with Gasteiger partial charge in [0.15, 0.2) is 5.78 Å².